The highest BCUT2D eigenvalue weighted by Crippen LogP contribution is 2.46. The number of benzene rings is 11. The van der Waals surface area contributed by atoms with Crippen LogP contribution in [-0.2, 0) is 0 Å². The summed E-state index contributed by atoms with van der Waals surface area (Å²) >= 11 is 0. The standard InChI is InChI=1S/C62H40N2O/c1-2-16-50-43(13-1)27-28-44-33-38-49(40-56(44)50)63(57-22-7-5-19-53(57)54-21-12-26-61-62(54)55-20-6-10-25-60(55)65-61)47-34-29-41(30-35-47)45-14-11-15-46(39-45)42-31-36-48(37-32-42)64-58-23-8-3-17-51(58)52-18-4-9-24-59(52)64/h1-40H. The highest BCUT2D eigenvalue weighted by atomic mass is 16.3. The van der Waals surface area contributed by atoms with Gasteiger partial charge in [-0.25, -0.2) is 0 Å². The Morgan fingerprint density at radius 1 is 0.323 bits per heavy atom. The average molecular weight is 829 g/mol. The van der Waals surface area contributed by atoms with E-state index in [0.717, 1.165) is 61.4 Å². The second-order valence-electron chi connectivity index (χ2n) is 16.9. The lowest BCUT2D eigenvalue weighted by Gasteiger charge is -2.28. The molecular formula is C62H40N2O. The van der Waals surface area contributed by atoms with Crippen molar-refractivity contribution in [1.82, 2.24) is 4.57 Å². The van der Waals surface area contributed by atoms with Gasteiger partial charge in [-0.15, -0.1) is 0 Å². The molecule has 0 spiro atoms. The van der Waals surface area contributed by atoms with E-state index >= 15 is 0 Å². The Morgan fingerprint density at radius 2 is 0.862 bits per heavy atom. The van der Waals surface area contributed by atoms with Gasteiger partial charge in [-0.2, -0.15) is 0 Å². The molecule has 0 aliphatic carbocycles. The Balaban J connectivity index is 0.907. The zero-order valence-electron chi connectivity index (χ0n) is 35.4. The maximum Gasteiger partial charge on any atom is 0.136 e. The van der Waals surface area contributed by atoms with E-state index in [1.807, 2.05) is 6.07 Å². The molecule has 0 radical (unpaired) electrons. The molecule has 3 heteroatoms. The first-order valence-electron chi connectivity index (χ1n) is 22.2. The molecule has 3 nitrogen and oxygen atoms in total. The summed E-state index contributed by atoms with van der Waals surface area (Å²) in [5.74, 6) is 0. The maximum absolute atomic E-state index is 6.40. The number of anilines is 3. The fraction of sp³-hybridized carbons (Fsp3) is 0. The number of hydrogen-bond donors (Lipinski definition) is 0. The van der Waals surface area contributed by atoms with Crippen LogP contribution >= 0.6 is 0 Å². The lowest BCUT2D eigenvalue weighted by atomic mass is 9.96. The number of nitrogens with zero attached hydrogens (tertiary/aromatic N) is 2. The summed E-state index contributed by atoms with van der Waals surface area (Å²) in [7, 11) is 0. The SMILES string of the molecule is c1cc(-c2ccc(N(c3ccc4ccc5ccccc5c4c3)c3ccccc3-c3cccc4oc5ccccc5c34)cc2)cc(-c2ccc(-n3c4ccccc4c4ccccc43)cc2)c1. The Bertz CT molecular complexity index is 3900. The molecule has 2 heterocycles. The smallest absolute Gasteiger partial charge is 0.136 e. The summed E-state index contributed by atoms with van der Waals surface area (Å²) in [5.41, 5.74) is 15.6. The van der Waals surface area contributed by atoms with Gasteiger partial charge in [0.15, 0.2) is 0 Å². The van der Waals surface area contributed by atoms with Crippen LogP contribution in [0.5, 0.6) is 0 Å². The van der Waals surface area contributed by atoms with Crippen molar-refractivity contribution in [2.45, 2.75) is 0 Å². The highest BCUT2D eigenvalue weighted by Gasteiger charge is 2.21. The van der Waals surface area contributed by atoms with Crippen molar-refractivity contribution < 1.29 is 4.42 Å². The summed E-state index contributed by atoms with van der Waals surface area (Å²) < 4.78 is 8.77. The monoisotopic (exact) mass is 828 g/mol. The molecule has 11 aromatic carbocycles. The summed E-state index contributed by atoms with van der Waals surface area (Å²) in [4.78, 5) is 2.41. The minimum absolute atomic E-state index is 0.882. The molecular weight excluding hydrogens is 789 g/mol. The van der Waals surface area contributed by atoms with Gasteiger partial charge < -0.3 is 13.9 Å². The van der Waals surface area contributed by atoms with Crippen LogP contribution in [-0.4, -0.2) is 4.57 Å². The molecule has 0 saturated heterocycles. The second kappa shape index (κ2) is 15.0. The van der Waals surface area contributed by atoms with Crippen molar-refractivity contribution in [1.29, 1.82) is 0 Å². The number of rotatable bonds is 7. The van der Waals surface area contributed by atoms with E-state index in [4.69, 9.17) is 4.42 Å². The third-order valence-corrected chi connectivity index (χ3v) is 13.2. The van der Waals surface area contributed by atoms with E-state index in [1.54, 1.807) is 0 Å². The Morgan fingerprint density at radius 3 is 1.62 bits per heavy atom. The third-order valence-electron chi connectivity index (χ3n) is 13.2. The molecule has 0 saturated carbocycles. The normalized spacial score (nSPS) is 11.7. The predicted octanol–water partition coefficient (Wildman–Crippen LogP) is 17.5. The molecule has 65 heavy (non-hydrogen) atoms. The van der Waals surface area contributed by atoms with Crippen LogP contribution in [0, 0.1) is 0 Å². The van der Waals surface area contributed by atoms with Gasteiger partial charge >= 0.3 is 0 Å². The van der Waals surface area contributed by atoms with Crippen molar-refractivity contribution in [3.8, 4) is 39.1 Å². The number of hydrogen-bond acceptors (Lipinski definition) is 2. The molecule has 13 aromatic rings. The van der Waals surface area contributed by atoms with E-state index in [1.165, 1.54) is 60.0 Å². The summed E-state index contributed by atoms with van der Waals surface area (Å²) in [6.45, 7) is 0. The molecule has 0 atom stereocenters. The van der Waals surface area contributed by atoms with Crippen molar-refractivity contribution in [2.24, 2.45) is 0 Å². The molecule has 0 N–H and O–H groups in total. The van der Waals surface area contributed by atoms with Crippen LogP contribution in [0.2, 0.25) is 0 Å². The minimum Gasteiger partial charge on any atom is -0.456 e. The molecule has 304 valence electrons. The van der Waals surface area contributed by atoms with Crippen LogP contribution in [0.1, 0.15) is 0 Å². The van der Waals surface area contributed by atoms with Gasteiger partial charge in [-0.1, -0.05) is 170 Å². The van der Waals surface area contributed by atoms with Gasteiger partial charge in [-0.3, -0.25) is 0 Å². The van der Waals surface area contributed by atoms with E-state index in [9.17, 15) is 0 Å². The van der Waals surface area contributed by atoms with E-state index < -0.39 is 0 Å². The topological polar surface area (TPSA) is 21.3 Å². The fourth-order valence-electron chi connectivity index (χ4n) is 10.1. The third kappa shape index (κ3) is 6.12. The Labute approximate surface area is 376 Å². The van der Waals surface area contributed by atoms with Crippen molar-refractivity contribution in [3.63, 3.8) is 0 Å². The summed E-state index contributed by atoms with van der Waals surface area (Å²) in [6, 6.07) is 87.8. The van der Waals surface area contributed by atoms with Crippen molar-refractivity contribution >= 4 is 82.4 Å². The lowest BCUT2D eigenvalue weighted by molar-refractivity contribution is 0.669. The average Bonchev–Trinajstić information content (AvgIpc) is 3.93. The van der Waals surface area contributed by atoms with Crippen LogP contribution < -0.4 is 4.90 Å². The second-order valence-corrected chi connectivity index (χ2v) is 16.9. The summed E-state index contributed by atoms with van der Waals surface area (Å²) in [6.07, 6.45) is 0. The quantitative estimate of drug-likeness (QED) is 0.149. The van der Waals surface area contributed by atoms with E-state index in [-0.39, 0.29) is 0 Å². The van der Waals surface area contributed by atoms with Crippen molar-refractivity contribution in [3.05, 3.63) is 243 Å². The van der Waals surface area contributed by atoms with Crippen LogP contribution in [0.3, 0.4) is 0 Å². The molecule has 0 amide bonds. The number of fused-ring (bicyclic) bond motifs is 9. The van der Waals surface area contributed by atoms with E-state index in [0.29, 0.717) is 0 Å². The first-order valence-corrected chi connectivity index (χ1v) is 22.2. The zero-order valence-corrected chi connectivity index (χ0v) is 35.4. The molecule has 0 aliphatic heterocycles. The zero-order chi connectivity index (χ0) is 42.8. The van der Waals surface area contributed by atoms with Crippen LogP contribution in [0.15, 0.2) is 247 Å². The number of furan rings is 1. The van der Waals surface area contributed by atoms with Gasteiger partial charge in [-0.05, 0) is 122 Å². The van der Waals surface area contributed by atoms with Gasteiger partial charge in [0.1, 0.15) is 11.2 Å². The van der Waals surface area contributed by atoms with Crippen LogP contribution in [0.25, 0.3) is 104 Å². The predicted molar refractivity (Wildman–Crippen MR) is 274 cm³/mol. The fourth-order valence-corrected chi connectivity index (χ4v) is 10.1. The largest absolute Gasteiger partial charge is 0.456 e. The van der Waals surface area contributed by atoms with Crippen LogP contribution in [0.4, 0.5) is 17.1 Å². The van der Waals surface area contributed by atoms with Gasteiger partial charge in [0.05, 0.1) is 16.7 Å². The molecule has 0 fully saturated rings. The van der Waals surface area contributed by atoms with Gasteiger partial charge in [0, 0.05) is 44.2 Å². The number of para-hydroxylation sites is 4. The Kier molecular flexibility index (Phi) is 8.53. The first kappa shape index (κ1) is 36.9. The summed E-state index contributed by atoms with van der Waals surface area (Å²) in [5, 5.41) is 9.68. The van der Waals surface area contributed by atoms with Crippen molar-refractivity contribution in [2.75, 3.05) is 4.90 Å². The van der Waals surface area contributed by atoms with Gasteiger partial charge in [0.25, 0.3) is 0 Å². The highest BCUT2D eigenvalue weighted by molar-refractivity contribution is 6.14. The minimum atomic E-state index is 0.882. The number of aromatic nitrogens is 1. The molecule has 0 bridgehead atoms. The molecule has 0 aliphatic rings. The van der Waals surface area contributed by atoms with Gasteiger partial charge in [0.2, 0.25) is 0 Å². The Hall–Kier alpha value is -8.66. The first-order chi connectivity index (χ1) is 32.2. The van der Waals surface area contributed by atoms with E-state index in [2.05, 4.69) is 246 Å². The molecule has 13 rings (SSSR count). The molecule has 2 aromatic heterocycles. The lowest BCUT2D eigenvalue weighted by Crippen LogP contribution is -2.11. The maximum atomic E-state index is 6.40. The molecule has 0 unspecified atom stereocenters.